The van der Waals surface area contributed by atoms with Gasteiger partial charge in [0, 0.05) is 54.4 Å². The van der Waals surface area contributed by atoms with Gasteiger partial charge in [0.2, 0.25) is 5.91 Å². The van der Waals surface area contributed by atoms with Gasteiger partial charge in [-0.1, -0.05) is 29.3 Å². The smallest absolute Gasteiger partial charge is 0.241 e. The van der Waals surface area contributed by atoms with Crippen LogP contribution in [0.25, 0.3) is 0 Å². The number of halogens is 2. The number of carbonyl (C=O) groups is 1. The molecule has 1 saturated carbocycles. The monoisotopic (exact) mass is 382 g/mol. The van der Waals surface area contributed by atoms with E-state index in [-0.39, 0.29) is 11.9 Å². The molecule has 1 aromatic carbocycles. The maximum Gasteiger partial charge on any atom is 0.241 e. The van der Waals surface area contributed by atoms with Crippen molar-refractivity contribution in [1.29, 1.82) is 0 Å². The molecule has 2 atom stereocenters. The molecule has 2 unspecified atom stereocenters. The fraction of sp³-hybridized carbons (Fsp3) is 0.611. The van der Waals surface area contributed by atoms with E-state index in [2.05, 4.69) is 15.8 Å². The van der Waals surface area contributed by atoms with Crippen molar-refractivity contribution in [3.8, 4) is 0 Å². The molecule has 2 N–H and O–H groups in total. The molecule has 2 saturated heterocycles. The Hall–Kier alpha value is -0.850. The van der Waals surface area contributed by atoms with Crippen molar-refractivity contribution in [1.82, 2.24) is 20.7 Å². The molecule has 5 nitrogen and oxygen atoms in total. The summed E-state index contributed by atoms with van der Waals surface area (Å²) in [6.07, 6.45) is 3.51. The van der Waals surface area contributed by atoms with Gasteiger partial charge in [0.05, 0.1) is 0 Å². The Bertz CT molecular complexity index is 624. The molecular formula is C18H24Cl2N4O. The van der Waals surface area contributed by atoms with E-state index >= 15 is 0 Å². The highest BCUT2D eigenvalue weighted by molar-refractivity contribution is 6.35. The van der Waals surface area contributed by atoms with E-state index in [0.717, 1.165) is 50.6 Å². The lowest BCUT2D eigenvalue weighted by atomic mass is 10.1. The lowest BCUT2D eigenvalue weighted by Crippen LogP contribution is -2.53. The summed E-state index contributed by atoms with van der Waals surface area (Å²) in [5, 5.41) is 1.41. The predicted molar refractivity (Wildman–Crippen MR) is 99.5 cm³/mol. The topological polar surface area (TPSA) is 47.6 Å². The molecule has 25 heavy (non-hydrogen) atoms. The molecule has 1 amide bonds. The number of amides is 1. The molecule has 0 aromatic heterocycles. The molecule has 2 aliphatic heterocycles. The summed E-state index contributed by atoms with van der Waals surface area (Å²) in [5.41, 5.74) is 7.48. The first-order chi connectivity index (χ1) is 12.1. The summed E-state index contributed by atoms with van der Waals surface area (Å²) in [5.74, 6) is 0.994. The molecule has 7 heteroatoms. The van der Waals surface area contributed by atoms with Gasteiger partial charge in [-0.25, -0.2) is 5.43 Å². The SMILES string of the molecule is O=C(C1CC(C2CC2)NN1)N1CCN(Cc2c(Cl)cccc2Cl)CC1. The van der Waals surface area contributed by atoms with Gasteiger partial charge in [0.25, 0.3) is 0 Å². The van der Waals surface area contributed by atoms with E-state index in [1.165, 1.54) is 12.8 Å². The minimum absolute atomic E-state index is 0.0739. The Morgan fingerprint density at radius 3 is 2.40 bits per heavy atom. The Morgan fingerprint density at radius 1 is 1.08 bits per heavy atom. The molecule has 136 valence electrons. The van der Waals surface area contributed by atoms with Gasteiger partial charge in [0.15, 0.2) is 0 Å². The zero-order valence-electron chi connectivity index (χ0n) is 14.2. The molecule has 0 radical (unpaired) electrons. The molecular weight excluding hydrogens is 359 g/mol. The van der Waals surface area contributed by atoms with Crippen LogP contribution in [0.1, 0.15) is 24.8 Å². The van der Waals surface area contributed by atoms with E-state index in [1.807, 2.05) is 23.1 Å². The van der Waals surface area contributed by atoms with Crippen LogP contribution in [-0.4, -0.2) is 54.0 Å². The van der Waals surface area contributed by atoms with E-state index in [0.29, 0.717) is 16.1 Å². The summed E-state index contributed by atoms with van der Waals surface area (Å²) in [4.78, 5) is 17.0. The van der Waals surface area contributed by atoms with Crippen molar-refractivity contribution in [2.24, 2.45) is 5.92 Å². The lowest BCUT2D eigenvalue weighted by Gasteiger charge is -2.36. The summed E-state index contributed by atoms with van der Waals surface area (Å²) in [6, 6.07) is 6.00. The number of rotatable bonds is 4. The third-order valence-electron chi connectivity index (χ3n) is 5.55. The zero-order valence-corrected chi connectivity index (χ0v) is 15.7. The van der Waals surface area contributed by atoms with E-state index in [4.69, 9.17) is 23.2 Å². The number of hydrogen-bond donors (Lipinski definition) is 2. The van der Waals surface area contributed by atoms with E-state index in [1.54, 1.807) is 0 Å². The number of hydrogen-bond acceptors (Lipinski definition) is 4. The Balaban J connectivity index is 1.29. The number of carbonyl (C=O) groups excluding carboxylic acids is 1. The van der Waals surface area contributed by atoms with Crippen LogP contribution in [0.5, 0.6) is 0 Å². The van der Waals surface area contributed by atoms with Crippen molar-refractivity contribution >= 4 is 29.1 Å². The minimum Gasteiger partial charge on any atom is -0.339 e. The number of nitrogens with one attached hydrogen (secondary N) is 2. The maximum absolute atomic E-state index is 12.7. The van der Waals surface area contributed by atoms with Gasteiger partial charge in [-0.15, -0.1) is 0 Å². The second-order valence-corrected chi connectivity index (χ2v) is 8.14. The van der Waals surface area contributed by atoms with Crippen molar-refractivity contribution < 1.29 is 4.79 Å². The highest BCUT2D eigenvalue weighted by atomic mass is 35.5. The van der Waals surface area contributed by atoms with Crippen LogP contribution in [-0.2, 0) is 11.3 Å². The molecule has 3 fully saturated rings. The highest BCUT2D eigenvalue weighted by Crippen LogP contribution is 2.35. The predicted octanol–water partition coefficient (Wildman–Crippen LogP) is 2.28. The molecule has 0 bridgehead atoms. The van der Waals surface area contributed by atoms with Crippen LogP contribution in [0.2, 0.25) is 10.0 Å². The molecule has 0 spiro atoms. The second kappa shape index (κ2) is 7.41. The number of hydrazine groups is 1. The lowest BCUT2D eigenvalue weighted by molar-refractivity contribution is -0.135. The average molecular weight is 383 g/mol. The van der Waals surface area contributed by atoms with Gasteiger partial charge < -0.3 is 4.90 Å². The first kappa shape index (κ1) is 17.6. The third-order valence-corrected chi connectivity index (χ3v) is 6.26. The first-order valence-corrected chi connectivity index (χ1v) is 9.82. The molecule has 2 heterocycles. The summed E-state index contributed by atoms with van der Waals surface area (Å²) >= 11 is 12.5. The fourth-order valence-corrected chi connectivity index (χ4v) is 4.32. The molecule has 4 rings (SSSR count). The van der Waals surface area contributed by atoms with Crippen LogP contribution >= 0.6 is 23.2 Å². The highest BCUT2D eigenvalue weighted by Gasteiger charge is 2.40. The van der Waals surface area contributed by atoms with Crippen molar-refractivity contribution in [3.05, 3.63) is 33.8 Å². The van der Waals surface area contributed by atoms with Gasteiger partial charge in [-0.2, -0.15) is 0 Å². The Morgan fingerprint density at radius 2 is 1.76 bits per heavy atom. The van der Waals surface area contributed by atoms with Crippen LogP contribution < -0.4 is 10.9 Å². The first-order valence-electron chi connectivity index (χ1n) is 9.07. The maximum atomic E-state index is 12.7. The quantitative estimate of drug-likeness (QED) is 0.838. The van der Waals surface area contributed by atoms with E-state index in [9.17, 15) is 4.79 Å². The van der Waals surface area contributed by atoms with Crippen LogP contribution in [0.15, 0.2) is 18.2 Å². The third kappa shape index (κ3) is 3.96. The Labute approximate surface area is 158 Å². The van der Waals surface area contributed by atoms with Gasteiger partial charge in [0.1, 0.15) is 6.04 Å². The minimum atomic E-state index is -0.0739. The normalized spacial score (nSPS) is 27.7. The van der Waals surface area contributed by atoms with Crippen LogP contribution in [0, 0.1) is 5.92 Å². The second-order valence-electron chi connectivity index (χ2n) is 7.32. The number of nitrogens with zero attached hydrogens (tertiary/aromatic N) is 2. The summed E-state index contributed by atoms with van der Waals surface area (Å²) < 4.78 is 0. The molecule has 1 aliphatic carbocycles. The van der Waals surface area contributed by atoms with Crippen molar-refractivity contribution in [2.45, 2.75) is 37.9 Å². The number of benzene rings is 1. The van der Waals surface area contributed by atoms with E-state index < -0.39 is 0 Å². The largest absolute Gasteiger partial charge is 0.339 e. The van der Waals surface area contributed by atoms with Crippen molar-refractivity contribution in [3.63, 3.8) is 0 Å². The van der Waals surface area contributed by atoms with Gasteiger partial charge in [-0.3, -0.25) is 15.1 Å². The molecule has 3 aliphatic rings. The van der Waals surface area contributed by atoms with Crippen LogP contribution in [0.3, 0.4) is 0 Å². The summed E-state index contributed by atoms with van der Waals surface area (Å²) in [6.45, 7) is 3.94. The standard InChI is InChI=1S/C18H24Cl2N4O/c19-14-2-1-3-15(20)13(14)11-23-6-8-24(9-7-23)18(25)17-10-16(21-22-17)12-4-5-12/h1-3,12,16-17,21-22H,4-11H2. The molecule has 1 aromatic rings. The van der Waals surface area contributed by atoms with Crippen LogP contribution in [0.4, 0.5) is 0 Å². The number of piperazine rings is 1. The zero-order chi connectivity index (χ0) is 17.4. The van der Waals surface area contributed by atoms with Crippen molar-refractivity contribution in [2.75, 3.05) is 26.2 Å². The van der Waals surface area contributed by atoms with Gasteiger partial charge in [-0.05, 0) is 37.3 Å². The average Bonchev–Trinajstić information content (AvgIpc) is 3.35. The summed E-state index contributed by atoms with van der Waals surface area (Å²) in [7, 11) is 0. The Kier molecular flexibility index (Phi) is 5.20. The van der Waals surface area contributed by atoms with Gasteiger partial charge >= 0.3 is 0 Å². The fourth-order valence-electron chi connectivity index (χ4n) is 3.80.